The van der Waals surface area contributed by atoms with Crippen molar-refractivity contribution in [1.82, 2.24) is 10.2 Å². The molecule has 1 N–H and O–H groups in total. The highest BCUT2D eigenvalue weighted by Crippen LogP contribution is 2.25. The molecule has 2 unspecified atom stereocenters. The molecule has 0 heterocycles. The zero-order valence-corrected chi connectivity index (χ0v) is 14.3. The normalized spacial score (nSPS) is 19.3. The van der Waals surface area contributed by atoms with Gasteiger partial charge in [-0.15, -0.1) is 0 Å². The van der Waals surface area contributed by atoms with E-state index >= 15 is 0 Å². The first kappa shape index (κ1) is 18.4. The topological polar surface area (TPSA) is 50.8 Å². The van der Waals surface area contributed by atoms with Crippen molar-refractivity contribution in [1.29, 1.82) is 0 Å². The Hall–Kier alpha value is -0.650. The summed E-state index contributed by atoms with van der Waals surface area (Å²) in [4.78, 5) is 14.6. The fourth-order valence-electron chi connectivity index (χ4n) is 2.61. The number of esters is 1. The van der Waals surface area contributed by atoms with Crippen molar-refractivity contribution >= 4 is 5.97 Å². The lowest BCUT2D eigenvalue weighted by atomic mass is 9.96. The minimum Gasteiger partial charge on any atom is -0.465 e. The molecule has 1 aliphatic carbocycles. The SMILES string of the molecule is CCOC(=O)C(C)(CCN(CC)C(C)COC)NC1CC1. The Balaban J connectivity index is 2.60. The second-order valence-electron chi connectivity index (χ2n) is 6.15. The lowest BCUT2D eigenvalue weighted by Gasteiger charge is -2.33. The largest absolute Gasteiger partial charge is 0.465 e. The number of hydrogen-bond acceptors (Lipinski definition) is 5. The zero-order chi connectivity index (χ0) is 15.9. The maximum atomic E-state index is 12.3. The first-order valence-corrected chi connectivity index (χ1v) is 8.14. The minimum atomic E-state index is -0.586. The van der Waals surface area contributed by atoms with Gasteiger partial charge < -0.3 is 9.47 Å². The monoisotopic (exact) mass is 300 g/mol. The summed E-state index contributed by atoms with van der Waals surface area (Å²) < 4.78 is 10.5. The molecular weight excluding hydrogens is 268 g/mol. The van der Waals surface area contributed by atoms with Crippen LogP contribution < -0.4 is 5.32 Å². The molecule has 1 aliphatic rings. The summed E-state index contributed by atoms with van der Waals surface area (Å²) in [6, 6.07) is 0.832. The van der Waals surface area contributed by atoms with Crippen molar-refractivity contribution in [2.24, 2.45) is 0 Å². The molecule has 0 aromatic rings. The van der Waals surface area contributed by atoms with Crippen LogP contribution in [0.2, 0.25) is 0 Å². The molecule has 5 nitrogen and oxygen atoms in total. The van der Waals surface area contributed by atoms with Gasteiger partial charge in [-0.25, -0.2) is 0 Å². The first-order chi connectivity index (χ1) is 9.96. The van der Waals surface area contributed by atoms with Crippen LogP contribution in [0.1, 0.15) is 47.0 Å². The number of nitrogens with zero attached hydrogens (tertiary/aromatic N) is 1. The number of methoxy groups -OCH3 is 1. The van der Waals surface area contributed by atoms with Crippen molar-refractivity contribution in [3.05, 3.63) is 0 Å². The fourth-order valence-corrected chi connectivity index (χ4v) is 2.61. The van der Waals surface area contributed by atoms with Crippen LogP contribution in [0.4, 0.5) is 0 Å². The molecule has 0 bridgehead atoms. The standard InChI is InChI=1S/C16H32N2O3/c1-6-18(13(3)12-20-5)11-10-16(4,15(19)21-7-2)17-14-8-9-14/h13-14,17H,6-12H2,1-5H3. The predicted octanol–water partition coefficient (Wildman–Crippen LogP) is 1.81. The third kappa shape index (κ3) is 5.93. The van der Waals surface area contributed by atoms with E-state index in [1.807, 2.05) is 13.8 Å². The average molecular weight is 300 g/mol. The Labute approximate surface area is 129 Å². The molecular formula is C16H32N2O3. The smallest absolute Gasteiger partial charge is 0.326 e. The molecule has 21 heavy (non-hydrogen) atoms. The quantitative estimate of drug-likeness (QED) is 0.590. The molecule has 0 aromatic heterocycles. The van der Waals surface area contributed by atoms with E-state index in [1.165, 1.54) is 0 Å². The van der Waals surface area contributed by atoms with Crippen LogP contribution in [0, 0.1) is 0 Å². The van der Waals surface area contributed by atoms with Crippen molar-refractivity contribution in [3.63, 3.8) is 0 Å². The van der Waals surface area contributed by atoms with Crippen molar-refractivity contribution < 1.29 is 14.3 Å². The number of likely N-dealkylation sites (N-methyl/N-ethyl adjacent to an activating group) is 1. The van der Waals surface area contributed by atoms with Crippen LogP contribution in [0.5, 0.6) is 0 Å². The van der Waals surface area contributed by atoms with Gasteiger partial charge in [0, 0.05) is 25.7 Å². The Bertz CT molecular complexity index is 321. The summed E-state index contributed by atoms with van der Waals surface area (Å²) in [5.74, 6) is -0.132. The van der Waals surface area contributed by atoms with Crippen molar-refractivity contribution in [2.45, 2.75) is 64.6 Å². The number of rotatable bonds is 11. The average Bonchev–Trinajstić information content (AvgIpc) is 3.23. The van der Waals surface area contributed by atoms with Gasteiger partial charge in [0.1, 0.15) is 5.54 Å². The predicted molar refractivity (Wildman–Crippen MR) is 84.4 cm³/mol. The Kier molecular flexibility index (Phi) is 7.63. The number of carbonyl (C=O) groups is 1. The summed E-state index contributed by atoms with van der Waals surface area (Å²) in [5, 5.41) is 3.47. The first-order valence-electron chi connectivity index (χ1n) is 8.14. The molecule has 0 radical (unpaired) electrons. The van der Waals surface area contributed by atoms with Crippen molar-refractivity contribution in [2.75, 3.05) is 33.4 Å². The Morgan fingerprint density at radius 1 is 1.43 bits per heavy atom. The Morgan fingerprint density at radius 3 is 2.57 bits per heavy atom. The number of carbonyl (C=O) groups excluding carboxylic acids is 1. The highest BCUT2D eigenvalue weighted by atomic mass is 16.5. The molecule has 124 valence electrons. The molecule has 1 fully saturated rings. The summed E-state index contributed by atoms with van der Waals surface area (Å²) in [6.07, 6.45) is 3.07. The molecule has 2 atom stereocenters. The molecule has 0 aliphatic heterocycles. The zero-order valence-electron chi connectivity index (χ0n) is 14.3. The van der Waals surface area contributed by atoms with Crippen LogP contribution in [-0.4, -0.2) is 61.9 Å². The summed E-state index contributed by atoms with van der Waals surface area (Å²) in [5.41, 5.74) is -0.586. The van der Waals surface area contributed by atoms with Crippen LogP contribution in [0.15, 0.2) is 0 Å². The lowest BCUT2D eigenvalue weighted by Crippen LogP contribution is -2.53. The van der Waals surface area contributed by atoms with E-state index in [1.54, 1.807) is 7.11 Å². The van der Waals surface area contributed by atoms with Gasteiger partial charge in [-0.2, -0.15) is 0 Å². The van der Waals surface area contributed by atoms with Crippen molar-refractivity contribution in [3.8, 4) is 0 Å². The van der Waals surface area contributed by atoms with E-state index in [0.29, 0.717) is 25.3 Å². The van der Waals surface area contributed by atoms with Crippen LogP contribution in [-0.2, 0) is 14.3 Å². The molecule has 0 amide bonds. The molecule has 1 rings (SSSR count). The second kappa shape index (κ2) is 8.71. The van der Waals surface area contributed by atoms with Gasteiger partial charge in [-0.1, -0.05) is 6.92 Å². The number of hydrogen-bond donors (Lipinski definition) is 1. The van der Waals surface area contributed by atoms with Gasteiger partial charge in [-0.3, -0.25) is 15.0 Å². The van der Waals surface area contributed by atoms with E-state index in [4.69, 9.17) is 9.47 Å². The number of ether oxygens (including phenoxy) is 2. The van der Waals surface area contributed by atoms with Gasteiger partial charge in [0.25, 0.3) is 0 Å². The van der Waals surface area contributed by atoms with Crippen LogP contribution in [0.25, 0.3) is 0 Å². The number of nitrogens with one attached hydrogen (secondary N) is 1. The lowest BCUT2D eigenvalue weighted by molar-refractivity contribution is -0.151. The van der Waals surface area contributed by atoms with Crippen LogP contribution in [0.3, 0.4) is 0 Å². The molecule has 0 aromatic carbocycles. The second-order valence-corrected chi connectivity index (χ2v) is 6.15. The van der Waals surface area contributed by atoms with Gasteiger partial charge in [-0.05, 0) is 46.6 Å². The molecule has 1 saturated carbocycles. The molecule has 5 heteroatoms. The Morgan fingerprint density at radius 2 is 2.10 bits per heavy atom. The van der Waals surface area contributed by atoms with Crippen LogP contribution >= 0.6 is 0 Å². The van der Waals surface area contributed by atoms with E-state index in [9.17, 15) is 4.79 Å². The summed E-state index contributed by atoms with van der Waals surface area (Å²) in [7, 11) is 1.72. The van der Waals surface area contributed by atoms with Gasteiger partial charge >= 0.3 is 5.97 Å². The molecule has 0 saturated heterocycles. The van der Waals surface area contributed by atoms with Gasteiger partial charge in [0.2, 0.25) is 0 Å². The molecule has 0 spiro atoms. The van der Waals surface area contributed by atoms with Gasteiger partial charge in [0.15, 0.2) is 0 Å². The minimum absolute atomic E-state index is 0.132. The van der Waals surface area contributed by atoms with Gasteiger partial charge in [0.05, 0.1) is 13.2 Å². The van der Waals surface area contributed by atoms with E-state index in [0.717, 1.165) is 32.4 Å². The highest BCUT2D eigenvalue weighted by molar-refractivity contribution is 5.80. The highest BCUT2D eigenvalue weighted by Gasteiger charge is 2.39. The van der Waals surface area contributed by atoms with E-state index in [-0.39, 0.29) is 5.97 Å². The van der Waals surface area contributed by atoms with E-state index < -0.39 is 5.54 Å². The summed E-state index contributed by atoms with van der Waals surface area (Å²) >= 11 is 0. The third-order valence-corrected chi connectivity index (χ3v) is 4.16. The summed E-state index contributed by atoms with van der Waals surface area (Å²) in [6.45, 7) is 11.1. The fraction of sp³-hybridized carbons (Fsp3) is 0.938. The third-order valence-electron chi connectivity index (χ3n) is 4.16. The maximum absolute atomic E-state index is 12.3. The van der Waals surface area contributed by atoms with E-state index in [2.05, 4.69) is 24.1 Å². The maximum Gasteiger partial charge on any atom is 0.326 e.